The summed E-state index contributed by atoms with van der Waals surface area (Å²) in [6, 6.07) is 10.6. The molecule has 7 nitrogen and oxygen atoms in total. The van der Waals surface area contributed by atoms with Crippen molar-refractivity contribution in [2.24, 2.45) is 0 Å². The first-order chi connectivity index (χ1) is 14.6. The summed E-state index contributed by atoms with van der Waals surface area (Å²) < 4.78 is 10.3. The number of aliphatic hydroxyl groups excluding tert-OH is 1. The van der Waals surface area contributed by atoms with Crippen molar-refractivity contribution in [2.45, 2.75) is 39.4 Å². The SMILES string of the molecule is COc1ccc(CN2CCN(Cc3ccc4nonc4c3)CC2CCO)c(C)c1C. The van der Waals surface area contributed by atoms with Crippen LogP contribution in [0, 0.1) is 13.8 Å². The van der Waals surface area contributed by atoms with Crippen LogP contribution in [0.15, 0.2) is 35.0 Å². The largest absolute Gasteiger partial charge is 0.496 e. The van der Waals surface area contributed by atoms with Gasteiger partial charge in [-0.25, -0.2) is 4.63 Å². The maximum atomic E-state index is 9.65. The van der Waals surface area contributed by atoms with Crippen molar-refractivity contribution >= 4 is 11.0 Å². The molecule has 4 rings (SSSR count). The molecule has 1 saturated heterocycles. The third kappa shape index (κ3) is 4.33. The molecule has 0 radical (unpaired) electrons. The van der Waals surface area contributed by atoms with Crippen LogP contribution in [0.25, 0.3) is 11.0 Å². The van der Waals surface area contributed by atoms with Gasteiger partial charge in [0.2, 0.25) is 0 Å². The molecule has 1 atom stereocenters. The zero-order chi connectivity index (χ0) is 21.1. The molecule has 0 saturated carbocycles. The van der Waals surface area contributed by atoms with Crippen LogP contribution in [0.5, 0.6) is 5.75 Å². The molecular formula is C23H30N4O3. The molecule has 1 N–H and O–H groups in total. The monoisotopic (exact) mass is 410 g/mol. The molecule has 7 heteroatoms. The van der Waals surface area contributed by atoms with Crippen molar-refractivity contribution < 1.29 is 14.5 Å². The Morgan fingerprint density at radius 3 is 2.70 bits per heavy atom. The zero-order valence-electron chi connectivity index (χ0n) is 18.0. The highest BCUT2D eigenvalue weighted by molar-refractivity contribution is 5.73. The zero-order valence-corrected chi connectivity index (χ0v) is 18.0. The standard InChI is InChI=1S/C23H30N4O3/c1-16-17(2)23(29-3)7-5-19(16)14-27-10-9-26(15-20(27)8-11-28)13-18-4-6-21-22(12-18)25-30-24-21/h4-7,12,20,28H,8-11,13-15H2,1-3H3. The second kappa shape index (κ2) is 9.12. The summed E-state index contributed by atoms with van der Waals surface area (Å²) in [7, 11) is 1.72. The van der Waals surface area contributed by atoms with Crippen molar-refractivity contribution in [1.29, 1.82) is 0 Å². The fraction of sp³-hybridized carbons (Fsp3) is 0.478. The van der Waals surface area contributed by atoms with Gasteiger partial charge in [0.05, 0.1) is 7.11 Å². The topological polar surface area (TPSA) is 74.9 Å². The minimum absolute atomic E-state index is 0.201. The second-order valence-corrected chi connectivity index (χ2v) is 8.14. The van der Waals surface area contributed by atoms with Crippen LogP contribution in [-0.4, -0.2) is 64.6 Å². The van der Waals surface area contributed by atoms with E-state index < -0.39 is 0 Å². The number of aromatic nitrogens is 2. The number of aliphatic hydroxyl groups is 1. The smallest absolute Gasteiger partial charge is 0.135 e. The van der Waals surface area contributed by atoms with Crippen LogP contribution in [0.2, 0.25) is 0 Å². The van der Waals surface area contributed by atoms with E-state index in [1.165, 1.54) is 22.3 Å². The molecule has 0 bridgehead atoms. The Hall–Kier alpha value is -2.48. The number of ether oxygens (including phenoxy) is 1. The molecule has 0 aliphatic carbocycles. The fourth-order valence-electron chi connectivity index (χ4n) is 4.38. The second-order valence-electron chi connectivity index (χ2n) is 8.14. The minimum Gasteiger partial charge on any atom is -0.496 e. The molecule has 2 aromatic carbocycles. The number of fused-ring (bicyclic) bond motifs is 1. The minimum atomic E-state index is 0.201. The first-order valence-electron chi connectivity index (χ1n) is 10.5. The normalized spacial score (nSPS) is 18.2. The van der Waals surface area contributed by atoms with Gasteiger partial charge in [-0.05, 0) is 71.0 Å². The van der Waals surface area contributed by atoms with Gasteiger partial charge in [0.15, 0.2) is 0 Å². The summed E-state index contributed by atoms with van der Waals surface area (Å²) in [6.45, 7) is 9.14. The van der Waals surface area contributed by atoms with E-state index in [9.17, 15) is 5.11 Å². The first-order valence-corrected chi connectivity index (χ1v) is 10.5. The number of benzene rings is 2. The lowest BCUT2D eigenvalue weighted by Crippen LogP contribution is -2.52. The highest BCUT2D eigenvalue weighted by Gasteiger charge is 2.27. The molecule has 0 spiro atoms. The van der Waals surface area contributed by atoms with Crippen LogP contribution in [0.1, 0.15) is 28.7 Å². The van der Waals surface area contributed by atoms with Gasteiger partial charge in [0.25, 0.3) is 0 Å². The lowest BCUT2D eigenvalue weighted by Gasteiger charge is -2.41. The maximum Gasteiger partial charge on any atom is 0.135 e. The van der Waals surface area contributed by atoms with E-state index in [4.69, 9.17) is 9.37 Å². The Morgan fingerprint density at radius 1 is 1.07 bits per heavy atom. The van der Waals surface area contributed by atoms with Gasteiger partial charge in [0, 0.05) is 45.4 Å². The Labute approximate surface area is 177 Å². The van der Waals surface area contributed by atoms with E-state index in [0.717, 1.165) is 55.9 Å². The molecule has 1 aromatic heterocycles. The van der Waals surface area contributed by atoms with Crippen molar-refractivity contribution in [1.82, 2.24) is 20.1 Å². The third-order valence-electron chi connectivity index (χ3n) is 6.32. The lowest BCUT2D eigenvalue weighted by atomic mass is 10.00. The van der Waals surface area contributed by atoms with E-state index in [-0.39, 0.29) is 6.61 Å². The van der Waals surface area contributed by atoms with E-state index >= 15 is 0 Å². The average Bonchev–Trinajstić information content (AvgIpc) is 3.21. The molecule has 160 valence electrons. The quantitative estimate of drug-likeness (QED) is 0.642. The number of hydrogen-bond donors (Lipinski definition) is 1. The van der Waals surface area contributed by atoms with Crippen molar-refractivity contribution in [3.63, 3.8) is 0 Å². The van der Waals surface area contributed by atoms with Crippen LogP contribution in [-0.2, 0) is 13.1 Å². The third-order valence-corrected chi connectivity index (χ3v) is 6.32. The average molecular weight is 411 g/mol. The van der Waals surface area contributed by atoms with Gasteiger partial charge in [-0.3, -0.25) is 9.80 Å². The highest BCUT2D eigenvalue weighted by Crippen LogP contribution is 2.26. The molecule has 1 aliphatic heterocycles. The summed E-state index contributed by atoms with van der Waals surface area (Å²) in [5.74, 6) is 0.937. The van der Waals surface area contributed by atoms with Crippen molar-refractivity contribution in [3.8, 4) is 5.75 Å². The van der Waals surface area contributed by atoms with E-state index in [0.29, 0.717) is 6.04 Å². The van der Waals surface area contributed by atoms with E-state index in [2.05, 4.69) is 52.2 Å². The highest BCUT2D eigenvalue weighted by atomic mass is 16.6. The summed E-state index contributed by atoms with van der Waals surface area (Å²) in [5.41, 5.74) is 6.60. The van der Waals surface area contributed by atoms with Crippen molar-refractivity contribution in [2.75, 3.05) is 33.4 Å². The molecule has 0 amide bonds. The van der Waals surface area contributed by atoms with Crippen molar-refractivity contribution in [3.05, 3.63) is 52.6 Å². The molecule has 1 aliphatic rings. The molecule has 1 unspecified atom stereocenters. The summed E-state index contributed by atoms with van der Waals surface area (Å²) in [4.78, 5) is 4.96. The molecule has 2 heterocycles. The van der Waals surface area contributed by atoms with E-state index in [1.807, 2.05) is 12.1 Å². The van der Waals surface area contributed by atoms with Gasteiger partial charge in [0.1, 0.15) is 16.8 Å². The van der Waals surface area contributed by atoms with E-state index in [1.54, 1.807) is 7.11 Å². The predicted molar refractivity (Wildman–Crippen MR) is 115 cm³/mol. The van der Waals surface area contributed by atoms with Crippen LogP contribution in [0.4, 0.5) is 0 Å². The number of methoxy groups -OCH3 is 1. The van der Waals surface area contributed by atoms with Gasteiger partial charge < -0.3 is 9.84 Å². The Balaban J connectivity index is 1.44. The van der Waals surface area contributed by atoms with Crippen LogP contribution in [0.3, 0.4) is 0 Å². The maximum absolute atomic E-state index is 9.65. The predicted octanol–water partition coefficient (Wildman–Crippen LogP) is 2.92. The Kier molecular flexibility index (Phi) is 6.32. The number of hydrogen-bond acceptors (Lipinski definition) is 7. The number of nitrogens with zero attached hydrogens (tertiary/aromatic N) is 4. The van der Waals surface area contributed by atoms with Crippen LogP contribution < -0.4 is 4.74 Å². The first kappa shape index (κ1) is 20.8. The summed E-state index contributed by atoms with van der Waals surface area (Å²) in [5, 5.41) is 17.5. The number of piperazine rings is 1. The van der Waals surface area contributed by atoms with Gasteiger partial charge in [-0.1, -0.05) is 12.1 Å². The lowest BCUT2D eigenvalue weighted by molar-refractivity contribution is 0.0498. The molecular weight excluding hydrogens is 380 g/mol. The summed E-state index contributed by atoms with van der Waals surface area (Å²) in [6.07, 6.45) is 0.775. The number of rotatable bonds is 7. The fourth-order valence-corrected chi connectivity index (χ4v) is 4.38. The molecule has 3 aromatic rings. The molecule has 30 heavy (non-hydrogen) atoms. The van der Waals surface area contributed by atoms with Gasteiger partial charge in [-0.15, -0.1) is 0 Å². The van der Waals surface area contributed by atoms with Crippen LogP contribution >= 0.6 is 0 Å². The summed E-state index contributed by atoms with van der Waals surface area (Å²) >= 11 is 0. The van der Waals surface area contributed by atoms with Gasteiger partial charge >= 0.3 is 0 Å². The van der Waals surface area contributed by atoms with Gasteiger partial charge in [-0.2, -0.15) is 0 Å². The molecule has 1 fully saturated rings. The Bertz CT molecular complexity index is 1000. The Morgan fingerprint density at radius 2 is 1.90 bits per heavy atom.